The molecule has 0 aliphatic carbocycles. The number of carbonyl (C=O) groups excluding carboxylic acids is 2. The summed E-state index contributed by atoms with van der Waals surface area (Å²) in [6, 6.07) is 0. The Labute approximate surface area is 112 Å². The molecule has 6 heteroatoms. The maximum Gasteiger partial charge on any atom is 0.319 e. The molecule has 0 aromatic heterocycles. The summed E-state index contributed by atoms with van der Waals surface area (Å²) in [5.74, 6) is -0.600. The molecule has 16 heavy (non-hydrogen) atoms. The van der Waals surface area contributed by atoms with E-state index in [1.165, 1.54) is 0 Å². The SMILES string of the molecule is CCOC(=O)[C@H](Br)CC[C@H](Br)C(=O)OCC. The molecule has 0 saturated carbocycles. The minimum atomic E-state index is -0.373. The van der Waals surface area contributed by atoms with Crippen LogP contribution in [-0.2, 0) is 19.1 Å². The van der Waals surface area contributed by atoms with Crippen LogP contribution in [0.15, 0.2) is 0 Å². The number of ether oxygens (including phenoxy) is 2. The summed E-state index contributed by atoms with van der Waals surface area (Å²) in [5, 5.41) is 0. The molecule has 94 valence electrons. The fraction of sp³-hybridized carbons (Fsp3) is 0.800. The number of halogens is 2. The van der Waals surface area contributed by atoms with E-state index in [0.717, 1.165) is 0 Å². The van der Waals surface area contributed by atoms with Crippen LogP contribution >= 0.6 is 31.9 Å². The van der Waals surface area contributed by atoms with E-state index >= 15 is 0 Å². The van der Waals surface area contributed by atoms with Crippen molar-refractivity contribution in [2.24, 2.45) is 0 Å². The van der Waals surface area contributed by atoms with Gasteiger partial charge in [0.05, 0.1) is 13.2 Å². The second-order valence-electron chi connectivity index (χ2n) is 3.02. The maximum absolute atomic E-state index is 11.3. The Morgan fingerprint density at radius 3 is 1.50 bits per heavy atom. The molecule has 0 N–H and O–H groups in total. The van der Waals surface area contributed by atoms with Crippen molar-refractivity contribution in [3.05, 3.63) is 0 Å². The lowest BCUT2D eigenvalue weighted by atomic mass is 10.2. The third-order valence-electron chi connectivity index (χ3n) is 1.76. The van der Waals surface area contributed by atoms with E-state index in [-0.39, 0.29) is 21.6 Å². The monoisotopic (exact) mass is 358 g/mol. The molecule has 0 fully saturated rings. The number of alkyl halides is 2. The molecule has 0 aromatic rings. The third kappa shape index (κ3) is 6.48. The Kier molecular flexibility index (Phi) is 8.93. The molecular formula is C10H16Br2O4. The van der Waals surface area contributed by atoms with Gasteiger partial charge in [-0.15, -0.1) is 0 Å². The van der Waals surface area contributed by atoms with Crippen molar-refractivity contribution in [2.75, 3.05) is 13.2 Å². The van der Waals surface area contributed by atoms with Gasteiger partial charge in [-0.1, -0.05) is 31.9 Å². The lowest BCUT2D eigenvalue weighted by Gasteiger charge is -2.11. The van der Waals surface area contributed by atoms with Gasteiger partial charge >= 0.3 is 11.9 Å². The van der Waals surface area contributed by atoms with E-state index in [0.29, 0.717) is 26.1 Å². The Morgan fingerprint density at radius 2 is 1.25 bits per heavy atom. The Morgan fingerprint density at radius 1 is 0.938 bits per heavy atom. The molecule has 0 rings (SSSR count). The van der Waals surface area contributed by atoms with Crippen molar-refractivity contribution in [1.29, 1.82) is 0 Å². The van der Waals surface area contributed by atoms with Crippen molar-refractivity contribution in [3.8, 4) is 0 Å². The minimum Gasteiger partial charge on any atom is -0.465 e. The molecule has 0 bridgehead atoms. The van der Waals surface area contributed by atoms with Crippen LogP contribution in [0.3, 0.4) is 0 Å². The Balaban J connectivity index is 3.86. The number of carbonyl (C=O) groups is 2. The molecule has 0 radical (unpaired) electrons. The summed E-state index contributed by atoms with van der Waals surface area (Å²) in [6.07, 6.45) is 1.04. The van der Waals surface area contributed by atoms with E-state index in [1.54, 1.807) is 13.8 Å². The molecule has 0 aliphatic rings. The molecular weight excluding hydrogens is 344 g/mol. The lowest BCUT2D eigenvalue weighted by molar-refractivity contribution is -0.144. The van der Waals surface area contributed by atoms with Gasteiger partial charge in [-0.25, -0.2) is 0 Å². The van der Waals surface area contributed by atoms with Gasteiger partial charge in [0, 0.05) is 0 Å². The largest absolute Gasteiger partial charge is 0.465 e. The van der Waals surface area contributed by atoms with Gasteiger partial charge < -0.3 is 9.47 Å². The van der Waals surface area contributed by atoms with Crippen molar-refractivity contribution in [2.45, 2.75) is 36.3 Å². The first kappa shape index (κ1) is 15.9. The average molecular weight is 360 g/mol. The van der Waals surface area contributed by atoms with Gasteiger partial charge in [-0.2, -0.15) is 0 Å². The van der Waals surface area contributed by atoms with Gasteiger partial charge in [0.15, 0.2) is 0 Å². The number of rotatable bonds is 7. The first-order chi connectivity index (χ1) is 7.52. The van der Waals surface area contributed by atoms with Crippen LogP contribution in [-0.4, -0.2) is 34.8 Å². The molecule has 4 nitrogen and oxygen atoms in total. The quantitative estimate of drug-likeness (QED) is 0.517. The van der Waals surface area contributed by atoms with E-state index < -0.39 is 0 Å². The standard InChI is InChI=1S/C10H16Br2O4/c1-3-15-9(13)7(11)5-6-8(12)10(14)16-4-2/h7-8H,3-6H2,1-2H3/t7-,8+. The van der Waals surface area contributed by atoms with Crippen LogP contribution in [0.4, 0.5) is 0 Å². The number of hydrogen-bond acceptors (Lipinski definition) is 4. The first-order valence-electron chi connectivity index (χ1n) is 5.14. The fourth-order valence-electron chi connectivity index (χ4n) is 0.994. The number of esters is 2. The summed E-state index contributed by atoms with van der Waals surface area (Å²) in [4.78, 5) is 21.8. The van der Waals surface area contributed by atoms with Crippen LogP contribution in [0.5, 0.6) is 0 Å². The van der Waals surface area contributed by atoms with Crippen molar-refractivity contribution >= 4 is 43.8 Å². The normalized spacial score (nSPS) is 14.0. The summed E-state index contributed by atoms with van der Waals surface area (Å²) < 4.78 is 9.65. The smallest absolute Gasteiger partial charge is 0.319 e. The van der Waals surface area contributed by atoms with Crippen molar-refractivity contribution in [1.82, 2.24) is 0 Å². The zero-order chi connectivity index (χ0) is 12.6. The lowest BCUT2D eigenvalue weighted by Crippen LogP contribution is -2.22. The highest BCUT2D eigenvalue weighted by Gasteiger charge is 2.21. The predicted octanol–water partition coefficient (Wildman–Crippen LogP) is 2.42. The molecule has 0 aromatic carbocycles. The number of hydrogen-bond donors (Lipinski definition) is 0. The fourth-order valence-corrected chi connectivity index (χ4v) is 1.79. The second kappa shape index (κ2) is 8.98. The Hall–Kier alpha value is -0.100. The summed E-state index contributed by atoms with van der Waals surface area (Å²) >= 11 is 6.43. The zero-order valence-electron chi connectivity index (χ0n) is 9.37. The van der Waals surface area contributed by atoms with E-state index in [4.69, 9.17) is 9.47 Å². The van der Waals surface area contributed by atoms with E-state index in [9.17, 15) is 9.59 Å². The molecule has 0 saturated heterocycles. The first-order valence-corrected chi connectivity index (χ1v) is 6.97. The van der Waals surface area contributed by atoms with Gasteiger partial charge in [0.25, 0.3) is 0 Å². The summed E-state index contributed by atoms with van der Waals surface area (Å²) in [5.41, 5.74) is 0. The van der Waals surface area contributed by atoms with Gasteiger partial charge in [-0.05, 0) is 26.7 Å². The van der Waals surface area contributed by atoms with Gasteiger partial charge in [0.1, 0.15) is 9.65 Å². The highest BCUT2D eigenvalue weighted by atomic mass is 79.9. The maximum atomic E-state index is 11.3. The molecule has 0 unspecified atom stereocenters. The van der Waals surface area contributed by atoms with E-state index in [1.807, 2.05) is 0 Å². The van der Waals surface area contributed by atoms with Gasteiger partial charge in [-0.3, -0.25) is 9.59 Å². The molecule has 0 amide bonds. The van der Waals surface area contributed by atoms with Crippen LogP contribution in [0, 0.1) is 0 Å². The highest BCUT2D eigenvalue weighted by molar-refractivity contribution is 9.10. The van der Waals surface area contributed by atoms with Crippen molar-refractivity contribution in [3.63, 3.8) is 0 Å². The highest BCUT2D eigenvalue weighted by Crippen LogP contribution is 2.17. The topological polar surface area (TPSA) is 52.6 Å². The van der Waals surface area contributed by atoms with Crippen LogP contribution in [0.25, 0.3) is 0 Å². The summed E-state index contributed by atoms with van der Waals surface area (Å²) in [7, 11) is 0. The molecule has 2 atom stereocenters. The third-order valence-corrected chi connectivity index (χ3v) is 3.42. The van der Waals surface area contributed by atoms with E-state index in [2.05, 4.69) is 31.9 Å². The van der Waals surface area contributed by atoms with Crippen LogP contribution in [0.1, 0.15) is 26.7 Å². The second-order valence-corrected chi connectivity index (χ2v) is 5.23. The van der Waals surface area contributed by atoms with Crippen LogP contribution in [0.2, 0.25) is 0 Å². The van der Waals surface area contributed by atoms with Gasteiger partial charge in [0.2, 0.25) is 0 Å². The zero-order valence-corrected chi connectivity index (χ0v) is 12.5. The molecule has 0 heterocycles. The van der Waals surface area contributed by atoms with Crippen LogP contribution < -0.4 is 0 Å². The molecule has 0 aliphatic heterocycles. The Bertz CT molecular complexity index is 209. The molecule has 0 spiro atoms. The van der Waals surface area contributed by atoms with Crippen molar-refractivity contribution < 1.29 is 19.1 Å². The average Bonchev–Trinajstić information content (AvgIpc) is 2.25. The predicted molar refractivity (Wildman–Crippen MR) is 67.9 cm³/mol. The summed E-state index contributed by atoms with van der Waals surface area (Å²) in [6.45, 7) is 4.22. The minimum absolute atomic E-state index is 0.300.